The zero-order valence-electron chi connectivity index (χ0n) is 19.2. The van der Waals surface area contributed by atoms with E-state index in [1.54, 1.807) is 38.7 Å². The first-order chi connectivity index (χ1) is 16.6. The molecule has 4 rings (SSSR count). The molecular formula is C26H26N4O4. The van der Waals surface area contributed by atoms with Crippen LogP contribution in [0.1, 0.15) is 16.8 Å². The number of nitrogens with zero attached hydrogens (tertiary/aromatic N) is 3. The van der Waals surface area contributed by atoms with E-state index < -0.39 is 0 Å². The number of benzene rings is 2. The maximum absolute atomic E-state index is 13.0. The average Bonchev–Trinajstić information content (AvgIpc) is 2.87. The van der Waals surface area contributed by atoms with Crippen LogP contribution in [0.3, 0.4) is 0 Å². The van der Waals surface area contributed by atoms with Gasteiger partial charge in [0.15, 0.2) is 0 Å². The summed E-state index contributed by atoms with van der Waals surface area (Å²) in [6.45, 7) is 0.232. The molecule has 0 fully saturated rings. The highest BCUT2D eigenvalue weighted by molar-refractivity contribution is 5.84. The molecule has 0 saturated carbocycles. The number of methoxy groups -OCH3 is 2. The van der Waals surface area contributed by atoms with Gasteiger partial charge in [-0.25, -0.2) is 4.68 Å². The van der Waals surface area contributed by atoms with Gasteiger partial charge in [-0.1, -0.05) is 30.3 Å². The molecule has 0 bridgehead atoms. The van der Waals surface area contributed by atoms with Gasteiger partial charge in [0.2, 0.25) is 5.91 Å². The highest BCUT2D eigenvalue weighted by Crippen LogP contribution is 2.24. The van der Waals surface area contributed by atoms with Crippen molar-refractivity contribution in [3.05, 3.63) is 94.2 Å². The summed E-state index contributed by atoms with van der Waals surface area (Å²) in [5.74, 6) is 1.11. The molecule has 0 aliphatic rings. The Kier molecular flexibility index (Phi) is 7.17. The monoisotopic (exact) mass is 458 g/mol. The summed E-state index contributed by atoms with van der Waals surface area (Å²) in [5, 5.41) is 8.71. The highest BCUT2D eigenvalue weighted by Gasteiger charge is 2.14. The Morgan fingerprint density at radius 3 is 2.59 bits per heavy atom. The van der Waals surface area contributed by atoms with Gasteiger partial charge in [-0.2, -0.15) is 5.10 Å². The Labute approximate surface area is 197 Å². The molecule has 8 nitrogen and oxygen atoms in total. The van der Waals surface area contributed by atoms with Gasteiger partial charge >= 0.3 is 0 Å². The highest BCUT2D eigenvalue weighted by atomic mass is 16.5. The molecule has 0 unspecified atom stereocenters. The number of amides is 1. The third-order valence-electron chi connectivity index (χ3n) is 5.54. The van der Waals surface area contributed by atoms with Crippen LogP contribution in [-0.4, -0.2) is 41.4 Å². The fourth-order valence-corrected chi connectivity index (χ4v) is 3.83. The lowest BCUT2D eigenvalue weighted by molar-refractivity contribution is -0.121. The summed E-state index contributed by atoms with van der Waals surface area (Å²) in [6, 6.07) is 16.7. The number of hydrogen-bond donors (Lipinski definition) is 1. The molecule has 2 aromatic heterocycles. The Morgan fingerprint density at radius 1 is 1.03 bits per heavy atom. The molecule has 2 heterocycles. The van der Waals surface area contributed by atoms with Crippen LogP contribution in [0.2, 0.25) is 0 Å². The molecule has 1 N–H and O–H groups in total. The SMILES string of the molecule is COc1ccc(CCNC(=O)Cn2nc(Cc3cccnc3)c3ccccc3c2=O)c(OC)c1. The van der Waals surface area contributed by atoms with Gasteiger partial charge in [0.05, 0.1) is 25.3 Å². The van der Waals surface area contributed by atoms with Crippen molar-refractivity contribution in [2.24, 2.45) is 0 Å². The smallest absolute Gasteiger partial charge is 0.275 e. The molecule has 34 heavy (non-hydrogen) atoms. The third-order valence-corrected chi connectivity index (χ3v) is 5.54. The molecule has 8 heteroatoms. The topological polar surface area (TPSA) is 95.3 Å². The maximum atomic E-state index is 13.0. The van der Waals surface area contributed by atoms with Gasteiger partial charge in [0, 0.05) is 36.8 Å². The first kappa shape index (κ1) is 23.0. The Morgan fingerprint density at radius 2 is 1.85 bits per heavy atom. The van der Waals surface area contributed by atoms with E-state index in [0.29, 0.717) is 36.3 Å². The second-order valence-corrected chi connectivity index (χ2v) is 7.77. The minimum absolute atomic E-state index is 0.163. The lowest BCUT2D eigenvalue weighted by atomic mass is 10.1. The maximum Gasteiger partial charge on any atom is 0.275 e. The van der Waals surface area contributed by atoms with Gasteiger partial charge < -0.3 is 14.8 Å². The van der Waals surface area contributed by atoms with Crippen molar-refractivity contribution in [1.29, 1.82) is 0 Å². The minimum atomic E-state index is -0.294. The first-order valence-corrected chi connectivity index (χ1v) is 10.9. The summed E-state index contributed by atoms with van der Waals surface area (Å²) < 4.78 is 11.9. The van der Waals surface area contributed by atoms with E-state index in [4.69, 9.17) is 9.47 Å². The molecule has 2 aromatic carbocycles. The summed E-state index contributed by atoms with van der Waals surface area (Å²) >= 11 is 0. The number of aromatic nitrogens is 3. The molecule has 0 saturated heterocycles. The number of rotatable bonds is 9. The van der Waals surface area contributed by atoms with Crippen LogP contribution in [0.25, 0.3) is 10.8 Å². The van der Waals surface area contributed by atoms with Crippen LogP contribution in [0.4, 0.5) is 0 Å². The number of carbonyl (C=O) groups excluding carboxylic acids is 1. The summed E-state index contributed by atoms with van der Waals surface area (Å²) in [6.07, 6.45) is 4.56. The minimum Gasteiger partial charge on any atom is -0.497 e. The standard InChI is InChI=1S/C26H26N4O4/c1-33-20-10-9-19(24(15-20)34-2)11-13-28-25(31)17-30-26(32)22-8-4-3-7-21(22)23(29-30)14-18-6-5-12-27-16-18/h3-10,12,15-16H,11,13-14,17H2,1-2H3,(H,28,31). The molecule has 174 valence electrons. The van der Waals surface area contributed by atoms with Crippen molar-refractivity contribution < 1.29 is 14.3 Å². The van der Waals surface area contributed by atoms with E-state index >= 15 is 0 Å². The van der Waals surface area contributed by atoms with Crippen LogP contribution < -0.4 is 20.3 Å². The fourth-order valence-electron chi connectivity index (χ4n) is 3.83. The van der Waals surface area contributed by atoms with Crippen molar-refractivity contribution in [2.45, 2.75) is 19.4 Å². The lowest BCUT2D eigenvalue weighted by Crippen LogP contribution is -2.35. The van der Waals surface area contributed by atoms with Crippen molar-refractivity contribution in [3.8, 4) is 11.5 Å². The van der Waals surface area contributed by atoms with Crippen molar-refractivity contribution in [1.82, 2.24) is 20.1 Å². The molecule has 4 aromatic rings. The van der Waals surface area contributed by atoms with E-state index in [2.05, 4.69) is 15.4 Å². The first-order valence-electron chi connectivity index (χ1n) is 10.9. The van der Waals surface area contributed by atoms with E-state index in [1.165, 1.54) is 4.68 Å². The van der Waals surface area contributed by atoms with E-state index in [1.807, 2.05) is 42.5 Å². The van der Waals surface area contributed by atoms with E-state index in [-0.39, 0.29) is 18.0 Å². The molecule has 0 atom stereocenters. The molecule has 0 aliphatic heterocycles. The zero-order valence-corrected chi connectivity index (χ0v) is 19.2. The summed E-state index contributed by atoms with van der Waals surface area (Å²) in [4.78, 5) is 29.8. The lowest BCUT2D eigenvalue weighted by Gasteiger charge is -2.13. The molecular weight excluding hydrogens is 432 g/mol. The number of carbonyl (C=O) groups is 1. The molecule has 0 spiro atoms. The van der Waals surface area contributed by atoms with Gasteiger partial charge in [-0.05, 0) is 35.7 Å². The Bertz CT molecular complexity index is 1350. The molecule has 1 amide bonds. The number of hydrogen-bond acceptors (Lipinski definition) is 6. The van der Waals surface area contributed by atoms with E-state index in [9.17, 15) is 9.59 Å². The second-order valence-electron chi connectivity index (χ2n) is 7.77. The quantitative estimate of drug-likeness (QED) is 0.414. The zero-order chi connectivity index (χ0) is 23.9. The predicted molar refractivity (Wildman–Crippen MR) is 129 cm³/mol. The summed E-state index contributed by atoms with van der Waals surface area (Å²) in [7, 11) is 3.19. The van der Waals surface area contributed by atoms with Crippen LogP contribution >= 0.6 is 0 Å². The largest absolute Gasteiger partial charge is 0.497 e. The number of fused-ring (bicyclic) bond motifs is 1. The van der Waals surface area contributed by atoms with Gasteiger partial charge in [-0.15, -0.1) is 0 Å². The Balaban J connectivity index is 1.49. The van der Waals surface area contributed by atoms with Gasteiger partial charge in [0.1, 0.15) is 18.0 Å². The van der Waals surface area contributed by atoms with E-state index in [0.717, 1.165) is 22.2 Å². The number of nitrogens with one attached hydrogen (secondary N) is 1. The summed E-state index contributed by atoms with van der Waals surface area (Å²) in [5.41, 5.74) is 2.35. The average molecular weight is 459 g/mol. The Hall–Kier alpha value is -4.20. The van der Waals surface area contributed by atoms with Crippen LogP contribution in [-0.2, 0) is 24.2 Å². The predicted octanol–water partition coefficient (Wildman–Crippen LogP) is 2.76. The van der Waals surface area contributed by atoms with Crippen molar-refractivity contribution in [2.75, 3.05) is 20.8 Å². The van der Waals surface area contributed by atoms with Gasteiger partial charge in [-0.3, -0.25) is 14.6 Å². The second kappa shape index (κ2) is 10.6. The third kappa shape index (κ3) is 5.23. The number of ether oxygens (including phenoxy) is 2. The van der Waals surface area contributed by atoms with Crippen molar-refractivity contribution >= 4 is 16.7 Å². The normalized spacial score (nSPS) is 10.8. The fraction of sp³-hybridized carbons (Fsp3) is 0.231. The molecule has 0 aliphatic carbocycles. The molecule has 0 radical (unpaired) electrons. The van der Waals surface area contributed by atoms with Gasteiger partial charge in [0.25, 0.3) is 5.56 Å². The van der Waals surface area contributed by atoms with Crippen LogP contribution in [0, 0.1) is 0 Å². The van der Waals surface area contributed by atoms with Crippen molar-refractivity contribution in [3.63, 3.8) is 0 Å². The van der Waals surface area contributed by atoms with Crippen LogP contribution in [0.5, 0.6) is 11.5 Å². The number of pyridine rings is 1. The van der Waals surface area contributed by atoms with Crippen LogP contribution in [0.15, 0.2) is 71.8 Å².